The van der Waals surface area contributed by atoms with E-state index in [1.165, 1.54) is 10.5 Å². The lowest BCUT2D eigenvalue weighted by Crippen LogP contribution is -2.29. The van der Waals surface area contributed by atoms with Gasteiger partial charge in [0.15, 0.2) is 0 Å². The molecule has 3 aromatic carbocycles. The van der Waals surface area contributed by atoms with Gasteiger partial charge in [-0.15, -0.1) is 12.4 Å². The molecule has 6 nitrogen and oxygen atoms in total. The molecule has 1 saturated heterocycles. The third kappa shape index (κ3) is 6.47. The number of carbonyl (C=O) groups excluding carboxylic acids is 1. The zero-order valence-electron chi connectivity index (χ0n) is 18.7. The van der Waals surface area contributed by atoms with E-state index in [1.54, 1.807) is 36.4 Å². The number of para-hydroxylation sites is 2. The number of carbonyl (C=O) groups is 2. The van der Waals surface area contributed by atoms with Gasteiger partial charge in [0.1, 0.15) is 0 Å². The SMILES string of the molecule is Cl.O=C(Nc1ccccc1N(Cc1ccccc1)C(=O)O)c1ccc(C=C2CCNCC2)cc1. The van der Waals surface area contributed by atoms with Crippen molar-refractivity contribution in [2.45, 2.75) is 19.4 Å². The number of halogens is 1. The van der Waals surface area contributed by atoms with Gasteiger partial charge in [-0.05, 0) is 61.3 Å². The Kier molecular flexibility index (Phi) is 8.85. The summed E-state index contributed by atoms with van der Waals surface area (Å²) in [6.45, 7) is 2.19. The summed E-state index contributed by atoms with van der Waals surface area (Å²) in [6, 6.07) is 23.8. The van der Waals surface area contributed by atoms with Crippen molar-refractivity contribution in [1.82, 2.24) is 5.32 Å². The number of hydrogen-bond acceptors (Lipinski definition) is 3. The smallest absolute Gasteiger partial charge is 0.412 e. The number of rotatable bonds is 6. The third-order valence-electron chi connectivity index (χ3n) is 5.65. The maximum absolute atomic E-state index is 12.9. The van der Waals surface area contributed by atoms with Gasteiger partial charge in [-0.25, -0.2) is 4.79 Å². The molecule has 0 saturated carbocycles. The number of nitrogens with zero attached hydrogens (tertiary/aromatic N) is 1. The summed E-state index contributed by atoms with van der Waals surface area (Å²) in [5.41, 5.74) is 4.73. The van der Waals surface area contributed by atoms with E-state index >= 15 is 0 Å². The van der Waals surface area contributed by atoms with Crippen molar-refractivity contribution in [2.24, 2.45) is 0 Å². The average Bonchev–Trinajstić information content (AvgIpc) is 2.85. The second-order valence-electron chi connectivity index (χ2n) is 8.00. The molecule has 1 heterocycles. The van der Waals surface area contributed by atoms with Crippen molar-refractivity contribution in [3.05, 3.63) is 101 Å². The Morgan fingerprint density at radius 2 is 1.56 bits per heavy atom. The van der Waals surface area contributed by atoms with Crippen LogP contribution in [0.2, 0.25) is 0 Å². The van der Waals surface area contributed by atoms with Crippen LogP contribution in [-0.2, 0) is 6.54 Å². The normalized spacial score (nSPS) is 12.9. The molecule has 1 aliphatic heterocycles. The van der Waals surface area contributed by atoms with Crippen molar-refractivity contribution in [2.75, 3.05) is 23.3 Å². The van der Waals surface area contributed by atoms with E-state index in [4.69, 9.17) is 0 Å². The van der Waals surface area contributed by atoms with Crippen molar-refractivity contribution in [1.29, 1.82) is 0 Å². The van der Waals surface area contributed by atoms with E-state index in [0.29, 0.717) is 16.9 Å². The van der Waals surface area contributed by atoms with Crippen molar-refractivity contribution < 1.29 is 14.7 Å². The predicted octanol–water partition coefficient (Wildman–Crippen LogP) is 5.81. The molecular weight excluding hydrogens is 450 g/mol. The molecule has 176 valence electrons. The van der Waals surface area contributed by atoms with Crippen molar-refractivity contribution in [3.63, 3.8) is 0 Å². The molecule has 0 unspecified atom stereocenters. The molecule has 1 fully saturated rings. The van der Waals surface area contributed by atoms with Crippen LogP contribution in [0.3, 0.4) is 0 Å². The fourth-order valence-electron chi connectivity index (χ4n) is 3.89. The summed E-state index contributed by atoms with van der Waals surface area (Å²) in [5.74, 6) is -0.284. The van der Waals surface area contributed by atoms with Crippen LogP contribution in [-0.4, -0.2) is 30.2 Å². The van der Waals surface area contributed by atoms with Crippen LogP contribution in [0.4, 0.5) is 16.2 Å². The summed E-state index contributed by atoms with van der Waals surface area (Å²) in [7, 11) is 0. The Morgan fingerprint density at radius 1 is 0.912 bits per heavy atom. The van der Waals surface area contributed by atoms with Crippen LogP contribution in [0, 0.1) is 0 Å². The maximum Gasteiger partial charge on any atom is 0.412 e. The molecule has 4 rings (SSSR count). The van der Waals surface area contributed by atoms with Gasteiger partial charge in [-0.3, -0.25) is 9.69 Å². The Hall–Kier alpha value is -3.61. The number of carboxylic acid groups (broad SMARTS) is 1. The van der Waals surface area contributed by atoms with Crippen LogP contribution >= 0.6 is 12.4 Å². The first-order valence-corrected chi connectivity index (χ1v) is 11.0. The third-order valence-corrected chi connectivity index (χ3v) is 5.65. The van der Waals surface area contributed by atoms with Gasteiger partial charge < -0.3 is 15.7 Å². The zero-order chi connectivity index (χ0) is 23.0. The monoisotopic (exact) mass is 477 g/mol. The largest absolute Gasteiger partial charge is 0.465 e. The predicted molar refractivity (Wildman–Crippen MR) is 139 cm³/mol. The Labute approximate surface area is 205 Å². The molecule has 0 atom stereocenters. The van der Waals surface area contributed by atoms with Crippen LogP contribution < -0.4 is 15.5 Å². The van der Waals surface area contributed by atoms with E-state index in [2.05, 4.69) is 16.7 Å². The van der Waals surface area contributed by atoms with Gasteiger partial charge in [0.2, 0.25) is 0 Å². The fraction of sp³-hybridized carbons (Fsp3) is 0.185. The van der Waals surface area contributed by atoms with Gasteiger partial charge in [0, 0.05) is 5.56 Å². The van der Waals surface area contributed by atoms with Crippen LogP contribution in [0.15, 0.2) is 84.4 Å². The second-order valence-corrected chi connectivity index (χ2v) is 8.00. The first-order valence-electron chi connectivity index (χ1n) is 11.0. The lowest BCUT2D eigenvalue weighted by molar-refractivity contribution is 0.102. The van der Waals surface area contributed by atoms with Gasteiger partial charge in [-0.1, -0.05) is 66.2 Å². The highest BCUT2D eigenvalue weighted by Crippen LogP contribution is 2.28. The molecule has 0 aliphatic carbocycles. The molecule has 34 heavy (non-hydrogen) atoms. The number of anilines is 2. The van der Waals surface area contributed by atoms with Gasteiger partial charge in [0.05, 0.1) is 17.9 Å². The fourth-order valence-corrected chi connectivity index (χ4v) is 3.89. The molecule has 0 radical (unpaired) electrons. The lowest BCUT2D eigenvalue weighted by atomic mass is 10.0. The number of piperidine rings is 1. The maximum atomic E-state index is 12.9. The Bertz CT molecular complexity index is 1140. The first kappa shape index (κ1) is 25.0. The quantitative estimate of drug-likeness (QED) is 0.418. The van der Waals surface area contributed by atoms with Crippen LogP contribution in [0.5, 0.6) is 0 Å². The Balaban J connectivity index is 0.00000324. The molecule has 0 bridgehead atoms. The van der Waals surface area contributed by atoms with E-state index in [0.717, 1.165) is 37.1 Å². The molecular formula is C27H28ClN3O3. The van der Waals surface area contributed by atoms with Crippen LogP contribution in [0.25, 0.3) is 6.08 Å². The molecule has 0 spiro atoms. The number of amides is 2. The highest BCUT2D eigenvalue weighted by atomic mass is 35.5. The van der Waals surface area contributed by atoms with Gasteiger partial charge >= 0.3 is 6.09 Å². The molecule has 3 N–H and O–H groups in total. The lowest BCUT2D eigenvalue weighted by Gasteiger charge is -2.22. The second kappa shape index (κ2) is 12.0. The summed E-state index contributed by atoms with van der Waals surface area (Å²) in [4.78, 5) is 26.2. The van der Waals surface area contributed by atoms with E-state index in [9.17, 15) is 14.7 Å². The number of hydrogen-bond donors (Lipinski definition) is 3. The van der Waals surface area contributed by atoms with E-state index in [1.807, 2.05) is 42.5 Å². The molecule has 3 aromatic rings. The first-order chi connectivity index (χ1) is 16.1. The molecule has 7 heteroatoms. The van der Waals surface area contributed by atoms with Gasteiger partial charge in [0.25, 0.3) is 5.91 Å². The minimum atomic E-state index is -1.09. The van der Waals surface area contributed by atoms with Gasteiger partial charge in [-0.2, -0.15) is 0 Å². The molecule has 1 aliphatic rings. The van der Waals surface area contributed by atoms with Crippen LogP contribution in [0.1, 0.15) is 34.3 Å². The molecule has 0 aromatic heterocycles. The van der Waals surface area contributed by atoms with E-state index in [-0.39, 0.29) is 24.9 Å². The summed E-state index contributed by atoms with van der Waals surface area (Å²) in [5, 5.41) is 16.1. The Morgan fingerprint density at radius 3 is 2.24 bits per heavy atom. The summed E-state index contributed by atoms with van der Waals surface area (Å²) >= 11 is 0. The topological polar surface area (TPSA) is 81.7 Å². The minimum Gasteiger partial charge on any atom is -0.465 e. The standard InChI is InChI=1S/C27H27N3O3.ClH/c31-26(23-12-10-20(11-13-23)18-21-14-16-28-17-15-21)29-24-8-4-5-9-25(24)30(27(32)33)19-22-6-2-1-3-7-22;/h1-13,18,28H,14-17,19H2,(H,29,31)(H,32,33);1H. The highest BCUT2D eigenvalue weighted by molar-refractivity contribution is 6.07. The zero-order valence-corrected chi connectivity index (χ0v) is 19.6. The summed E-state index contributed by atoms with van der Waals surface area (Å²) < 4.78 is 0. The summed E-state index contributed by atoms with van der Waals surface area (Å²) in [6.07, 6.45) is 3.19. The van der Waals surface area contributed by atoms with Crippen molar-refractivity contribution >= 4 is 41.9 Å². The highest BCUT2D eigenvalue weighted by Gasteiger charge is 2.19. The molecule has 2 amide bonds. The van der Waals surface area contributed by atoms with E-state index < -0.39 is 6.09 Å². The number of benzene rings is 3. The minimum absolute atomic E-state index is 0. The van der Waals surface area contributed by atoms with Crippen molar-refractivity contribution in [3.8, 4) is 0 Å². The average molecular weight is 478 g/mol. The number of nitrogens with one attached hydrogen (secondary N) is 2.